The molecule has 0 radical (unpaired) electrons. The lowest BCUT2D eigenvalue weighted by atomic mass is 9.41. The number of aliphatic hydroxyl groups excluding tert-OH is 5. The van der Waals surface area contributed by atoms with E-state index in [4.69, 9.17) is 14.2 Å². The summed E-state index contributed by atoms with van der Waals surface area (Å²) in [5.41, 5.74) is -0.472. The number of allylic oxidation sites excluding steroid dienone is 1. The van der Waals surface area contributed by atoms with E-state index < -0.39 is 48.5 Å². The van der Waals surface area contributed by atoms with Gasteiger partial charge < -0.3 is 44.8 Å². The summed E-state index contributed by atoms with van der Waals surface area (Å²) in [6.07, 6.45) is 1.62. The number of ether oxygens (including phenoxy) is 3. The third-order valence-electron chi connectivity index (χ3n) is 15.3. The van der Waals surface area contributed by atoms with Crippen LogP contribution in [0.1, 0.15) is 106 Å². The van der Waals surface area contributed by atoms with E-state index in [0.29, 0.717) is 24.0 Å². The molecule has 6 N–H and O–H groups in total. The molecule has 1 saturated heterocycles. The normalized spacial score (nSPS) is 54.2. The number of hydrogen-bond donors (Lipinski definition) is 6. The van der Waals surface area contributed by atoms with Gasteiger partial charge in [0, 0.05) is 10.8 Å². The fourth-order valence-corrected chi connectivity index (χ4v) is 12.8. The zero-order chi connectivity index (χ0) is 32.7. The Morgan fingerprint density at radius 2 is 1.60 bits per heavy atom. The number of aliphatic hydroxyl groups is 6. The third-order valence-corrected chi connectivity index (χ3v) is 15.3. The van der Waals surface area contributed by atoms with Crippen LogP contribution in [0, 0.1) is 44.8 Å². The van der Waals surface area contributed by atoms with Crippen LogP contribution < -0.4 is 0 Å². The Kier molecular flexibility index (Phi) is 7.37. The molecule has 0 aromatic heterocycles. The highest BCUT2D eigenvalue weighted by atomic mass is 16.7. The Balaban J connectivity index is 1.16. The predicted molar refractivity (Wildman–Crippen MR) is 165 cm³/mol. The van der Waals surface area contributed by atoms with Crippen molar-refractivity contribution in [2.45, 2.75) is 161 Å². The van der Waals surface area contributed by atoms with Crippen molar-refractivity contribution < 1.29 is 44.8 Å². The van der Waals surface area contributed by atoms with E-state index >= 15 is 0 Å². The van der Waals surface area contributed by atoms with Gasteiger partial charge in [-0.2, -0.15) is 0 Å². The molecule has 4 saturated carbocycles. The molecule has 0 amide bonds. The molecule has 2 aliphatic heterocycles. The highest BCUT2D eigenvalue weighted by Crippen LogP contribution is 2.89. The Morgan fingerprint density at radius 3 is 2.27 bits per heavy atom. The van der Waals surface area contributed by atoms with E-state index in [1.807, 2.05) is 0 Å². The van der Waals surface area contributed by atoms with Gasteiger partial charge in [0.1, 0.15) is 42.4 Å². The highest BCUT2D eigenvalue weighted by molar-refractivity contribution is 5.43. The number of rotatable bonds is 5. The molecular weight excluding hydrogens is 576 g/mol. The predicted octanol–water partition coefficient (Wildman–Crippen LogP) is 3.42. The Hall–Kier alpha value is -0.780. The van der Waals surface area contributed by atoms with Crippen LogP contribution in [0.5, 0.6) is 0 Å². The van der Waals surface area contributed by atoms with Crippen LogP contribution in [-0.2, 0) is 14.2 Å². The summed E-state index contributed by atoms with van der Waals surface area (Å²) in [5, 5.41) is 64.9. The summed E-state index contributed by atoms with van der Waals surface area (Å²) in [6.45, 7) is 14.7. The van der Waals surface area contributed by atoms with Crippen molar-refractivity contribution in [2.24, 2.45) is 44.8 Å². The molecule has 256 valence electrons. The standard InChI is InChI=1S/C36H58O9/c1-8-18-15-20(28(40)32(4,5)42)44-27-24(18)33(6)13-14-36-17-35(36)12-11-23(45-30-26(39)25(38)19(37)16-43-30)31(2,3)21(35)9-10-22(36)34(33,7)29(27)41/h18-23,25-26,28-30,37-42H,8-17H2,1-7H3/t18-,19-,20-,21+,22+,23+,25+,26-,28+,29+,30+,33-,34-,35-,36+/m1/s1. The first kappa shape index (κ1) is 32.8. The zero-order valence-corrected chi connectivity index (χ0v) is 28.3. The Bertz CT molecular complexity index is 1230. The van der Waals surface area contributed by atoms with Crippen LogP contribution in [-0.4, -0.2) is 91.9 Å². The average Bonchev–Trinajstić information content (AvgIpc) is 3.62. The lowest BCUT2D eigenvalue weighted by molar-refractivity contribution is -0.303. The smallest absolute Gasteiger partial charge is 0.186 e. The van der Waals surface area contributed by atoms with E-state index in [0.717, 1.165) is 44.9 Å². The molecule has 5 fully saturated rings. The monoisotopic (exact) mass is 634 g/mol. The van der Waals surface area contributed by atoms with Crippen molar-refractivity contribution in [1.82, 2.24) is 0 Å². The van der Waals surface area contributed by atoms with Crippen molar-refractivity contribution in [3.8, 4) is 0 Å². The maximum absolute atomic E-state index is 12.4. The molecule has 0 bridgehead atoms. The summed E-state index contributed by atoms with van der Waals surface area (Å²) in [7, 11) is 0. The molecule has 7 aliphatic rings. The molecule has 2 spiro atoms. The van der Waals surface area contributed by atoms with Gasteiger partial charge in [0.25, 0.3) is 0 Å². The fraction of sp³-hybridized carbons (Fsp3) is 0.944. The van der Waals surface area contributed by atoms with Crippen molar-refractivity contribution in [3.05, 3.63) is 11.3 Å². The van der Waals surface area contributed by atoms with E-state index in [2.05, 4.69) is 34.6 Å². The molecule has 15 atom stereocenters. The zero-order valence-electron chi connectivity index (χ0n) is 28.3. The van der Waals surface area contributed by atoms with E-state index in [9.17, 15) is 30.6 Å². The minimum atomic E-state index is -1.30. The van der Waals surface area contributed by atoms with Crippen LogP contribution >= 0.6 is 0 Å². The Morgan fingerprint density at radius 1 is 0.933 bits per heavy atom. The lowest BCUT2D eigenvalue weighted by Gasteiger charge is -2.63. The first-order valence-corrected chi connectivity index (χ1v) is 17.7. The van der Waals surface area contributed by atoms with Crippen molar-refractivity contribution in [1.29, 1.82) is 0 Å². The van der Waals surface area contributed by atoms with E-state index in [-0.39, 0.29) is 45.7 Å². The summed E-state index contributed by atoms with van der Waals surface area (Å²) in [6, 6.07) is 0. The van der Waals surface area contributed by atoms with Gasteiger partial charge in [-0.05, 0) is 111 Å². The second kappa shape index (κ2) is 10.1. The topological polar surface area (TPSA) is 149 Å². The maximum atomic E-state index is 12.4. The van der Waals surface area contributed by atoms with Crippen LogP contribution in [0.2, 0.25) is 0 Å². The summed E-state index contributed by atoms with van der Waals surface area (Å²) in [4.78, 5) is 0. The lowest BCUT2D eigenvalue weighted by Crippen LogP contribution is -2.61. The molecule has 45 heavy (non-hydrogen) atoms. The molecule has 0 aromatic rings. The van der Waals surface area contributed by atoms with Crippen LogP contribution in [0.3, 0.4) is 0 Å². The molecule has 9 nitrogen and oxygen atoms in total. The molecule has 5 aliphatic carbocycles. The molecule has 2 heterocycles. The summed E-state index contributed by atoms with van der Waals surface area (Å²) >= 11 is 0. The maximum Gasteiger partial charge on any atom is 0.186 e. The van der Waals surface area contributed by atoms with Gasteiger partial charge >= 0.3 is 0 Å². The van der Waals surface area contributed by atoms with Gasteiger partial charge in [-0.15, -0.1) is 0 Å². The molecular formula is C36H58O9. The van der Waals surface area contributed by atoms with Gasteiger partial charge in [-0.25, -0.2) is 0 Å². The third kappa shape index (κ3) is 4.08. The van der Waals surface area contributed by atoms with Gasteiger partial charge in [0.15, 0.2) is 6.29 Å². The van der Waals surface area contributed by atoms with Gasteiger partial charge in [0.2, 0.25) is 0 Å². The summed E-state index contributed by atoms with van der Waals surface area (Å²) < 4.78 is 18.7. The van der Waals surface area contributed by atoms with Crippen LogP contribution in [0.25, 0.3) is 0 Å². The minimum Gasteiger partial charge on any atom is -0.489 e. The van der Waals surface area contributed by atoms with Crippen molar-refractivity contribution in [2.75, 3.05) is 6.61 Å². The van der Waals surface area contributed by atoms with Crippen molar-refractivity contribution >= 4 is 0 Å². The second-order valence-corrected chi connectivity index (χ2v) is 17.8. The quantitative estimate of drug-likeness (QED) is 0.250. The minimum absolute atomic E-state index is 0.0635. The Labute approximate surface area is 268 Å². The van der Waals surface area contributed by atoms with Gasteiger partial charge in [-0.1, -0.05) is 34.6 Å². The van der Waals surface area contributed by atoms with E-state index in [1.54, 1.807) is 13.8 Å². The second-order valence-electron chi connectivity index (χ2n) is 17.8. The van der Waals surface area contributed by atoms with Gasteiger partial charge in [-0.3, -0.25) is 0 Å². The fourth-order valence-electron chi connectivity index (χ4n) is 12.8. The molecule has 9 heteroatoms. The first-order chi connectivity index (χ1) is 20.9. The first-order valence-electron chi connectivity index (χ1n) is 17.7. The van der Waals surface area contributed by atoms with Crippen molar-refractivity contribution in [3.63, 3.8) is 0 Å². The van der Waals surface area contributed by atoms with Crippen LogP contribution in [0.4, 0.5) is 0 Å². The molecule has 0 unspecified atom stereocenters. The molecule has 7 rings (SSSR count). The van der Waals surface area contributed by atoms with Crippen LogP contribution in [0.15, 0.2) is 11.3 Å². The van der Waals surface area contributed by atoms with E-state index in [1.165, 1.54) is 12.0 Å². The number of fused-ring (bicyclic) bond motifs is 3. The van der Waals surface area contributed by atoms with Gasteiger partial charge in [0.05, 0.1) is 18.3 Å². The molecule has 0 aromatic carbocycles. The SMILES string of the molecule is CC[C@@H]1C[C@H]([C@H](O)C(C)(C)O)OC2=C1[C@@]1(C)CC[C@@]34C[C@@]35CC[C@H](O[C@@H]3OC[C@@H](O)[C@H](O)[C@H]3O)C(C)(C)[C@@H]5CC[C@H]4[C@]1(C)[C@H]2O. The largest absolute Gasteiger partial charge is 0.489 e. The average molecular weight is 635 g/mol. The highest BCUT2D eigenvalue weighted by Gasteiger charge is 2.83. The summed E-state index contributed by atoms with van der Waals surface area (Å²) in [5.74, 6) is 1.64. The number of hydrogen-bond acceptors (Lipinski definition) is 9.